The van der Waals surface area contributed by atoms with Crippen LogP contribution in [0.2, 0.25) is 0 Å². The molecule has 1 N–H and O–H groups in total. The van der Waals surface area contributed by atoms with E-state index in [0.717, 1.165) is 47.0 Å². The van der Waals surface area contributed by atoms with Crippen LogP contribution in [0, 0.1) is 6.92 Å². The van der Waals surface area contributed by atoms with Crippen molar-refractivity contribution in [3.63, 3.8) is 0 Å². The van der Waals surface area contributed by atoms with E-state index in [4.69, 9.17) is 14.5 Å². The number of carbonyl (C=O) groups excluding carboxylic acids is 1. The van der Waals surface area contributed by atoms with E-state index in [1.54, 1.807) is 46.2 Å². The molecule has 2 aromatic carbocycles. The van der Waals surface area contributed by atoms with Crippen molar-refractivity contribution in [1.29, 1.82) is 0 Å². The average molecular weight is 487 g/mol. The van der Waals surface area contributed by atoms with Crippen LogP contribution in [0.1, 0.15) is 45.0 Å². The Morgan fingerprint density at radius 2 is 2.00 bits per heavy atom. The number of hydrogen-bond donors (Lipinski definition) is 1. The Morgan fingerprint density at radius 1 is 1.14 bits per heavy atom. The van der Waals surface area contributed by atoms with Gasteiger partial charge in [0.25, 0.3) is 11.5 Å². The normalized spacial score (nSPS) is 14.4. The summed E-state index contributed by atoms with van der Waals surface area (Å²) in [5.74, 6) is 1.55. The van der Waals surface area contributed by atoms with E-state index in [1.165, 1.54) is 11.1 Å². The van der Waals surface area contributed by atoms with E-state index in [1.807, 2.05) is 19.1 Å². The molecular weight excluding hydrogens is 464 g/mol. The van der Waals surface area contributed by atoms with Gasteiger partial charge in [-0.15, -0.1) is 11.3 Å². The highest BCUT2D eigenvalue weighted by Crippen LogP contribution is 2.34. The molecule has 0 fully saturated rings. The molecule has 2 aliphatic rings. The Bertz CT molecular complexity index is 1570. The molecule has 6 rings (SSSR count). The first-order valence-corrected chi connectivity index (χ1v) is 12.3. The number of thiophene rings is 1. The monoisotopic (exact) mass is 486 g/mol. The lowest BCUT2D eigenvalue weighted by Crippen LogP contribution is -2.23. The number of ether oxygens (including phenoxy) is 2. The van der Waals surface area contributed by atoms with Crippen LogP contribution in [0.4, 0.5) is 0 Å². The largest absolute Gasteiger partial charge is 0.454 e. The summed E-state index contributed by atoms with van der Waals surface area (Å²) in [4.78, 5) is 33.2. The van der Waals surface area contributed by atoms with Gasteiger partial charge in [-0.3, -0.25) is 14.2 Å². The Balaban J connectivity index is 1.28. The average Bonchev–Trinajstić information content (AvgIpc) is 3.48. The number of benzene rings is 2. The van der Waals surface area contributed by atoms with Crippen molar-refractivity contribution in [1.82, 2.24) is 15.0 Å². The van der Waals surface area contributed by atoms with Crippen molar-refractivity contribution >= 4 is 33.7 Å². The summed E-state index contributed by atoms with van der Waals surface area (Å²) in [6.45, 7) is 2.02. The van der Waals surface area contributed by atoms with Crippen LogP contribution in [0.5, 0.6) is 11.5 Å². The number of hydrazone groups is 1. The molecule has 0 unspecified atom stereocenters. The molecule has 1 amide bonds. The van der Waals surface area contributed by atoms with Gasteiger partial charge in [-0.05, 0) is 80.1 Å². The van der Waals surface area contributed by atoms with Crippen molar-refractivity contribution in [2.45, 2.75) is 32.6 Å². The van der Waals surface area contributed by atoms with Gasteiger partial charge in [0.05, 0.1) is 17.3 Å². The molecule has 9 heteroatoms. The third-order valence-corrected chi connectivity index (χ3v) is 7.49. The molecule has 8 nitrogen and oxygen atoms in total. The first-order chi connectivity index (χ1) is 17.1. The summed E-state index contributed by atoms with van der Waals surface area (Å²) in [5.41, 5.74) is 5.38. The maximum atomic E-state index is 13.6. The van der Waals surface area contributed by atoms with E-state index in [0.29, 0.717) is 28.6 Å². The van der Waals surface area contributed by atoms with Gasteiger partial charge in [0.1, 0.15) is 10.7 Å². The molecule has 0 saturated carbocycles. The summed E-state index contributed by atoms with van der Waals surface area (Å²) in [5, 5.41) is 4.78. The standard InChI is InChI=1S/C26H22N4O4S/c1-15-28-25-23(19-7-2-3-8-22(19)35-25)26(32)30(15)18-6-4-5-17(12-18)24(31)29-27-13-16-9-10-20-21(11-16)34-14-33-20/h4-6,9-13H,2-3,7-8,14H2,1H3,(H,29,31)/b27-13+. The van der Waals surface area contributed by atoms with Gasteiger partial charge >= 0.3 is 0 Å². The minimum absolute atomic E-state index is 0.0784. The summed E-state index contributed by atoms with van der Waals surface area (Å²) in [6.07, 6.45) is 5.71. The Labute approximate surface area is 204 Å². The first-order valence-electron chi connectivity index (χ1n) is 11.5. The number of aryl methyl sites for hydroxylation is 3. The number of carbonyl (C=O) groups is 1. The minimum atomic E-state index is -0.378. The topological polar surface area (TPSA) is 94.8 Å². The van der Waals surface area contributed by atoms with E-state index < -0.39 is 0 Å². The van der Waals surface area contributed by atoms with Gasteiger partial charge in [-0.1, -0.05) is 6.07 Å². The van der Waals surface area contributed by atoms with Gasteiger partial charge in [0.15, 0.2) is 11.5 Å². The molecule has 176 valence electrons. The molecule has 35 heavy (non-hydrogen) atoms. The van der Waals surface area contributed by atoms with E-state index >= 15 is 0 Å². The number of fused-ring (bicyclic) bond motifs is 4. The third-order valence-electron chi connectivity index (χ3n) is 6.30. The zero-order valence-corrected chi connectivity index (χ0v) is 19.9. The fourth-order valence-corrected chi connectivity index (χ4v) is 5.92. The zero-order chi connectivity index (χ0) is 23.9. The maximum absolute atomic E-state index is 13.6. The summed E-state index contributed by atoms with van der Waals surface area (Å²) in [7, 11) is 0. The number of rotatable bonds is 4. The highest BCUT2D eigenvalue weighted by molar-refractivity contribution is 7.18. The van der Waals surface area contributed by atoms with Crippen LogP contribution in [0.25, 0.3) is 15.9 Å². The van der Waals surface area contributed by atoms with Crippen molar-refractivity contribution in [2.75, 3.05) is 6.79 Å². The van der Waals surface area contributed by atoms with Crippen molar-refractivity contribution in [2.24, 2.45) is 5.10 Å². The van der Waals surface area contributed by atoms with Crippen molar-refractivity contribution < 1.29 is 14.3 Å². The molecular formula is C26H22N4O4S. The summed E-state index contributed by atoms with van der Waals surface area (Å²) < 4.78 is 12.3. The molecule has 1 aliphatic carbocycles. The van der Waals surface area contributed by atoms with E-state index in [-0.39, 0.29) is 18.3 Å². The number of nitrogens with one attached hydrogen (secondary N) is 1. The number of nitrogens with zero attached hydrogens (tertiary/aromatic N) is 3. The molecule has 0 spiro atoms. The lowest BCUT2D eigenvalue weighted by molar-refractivity contribution is 0.0955. The van der Waals surface area contributed by atoms with Crippen molar-refractivity contribution in [3.8, 4) is 17.2 Å². The fourth-order valence-electron chi connectivity index (χ4n) is 4.62. The lowest BCUT2D eigenvalue weighted by Gasteiger charge is -2.12. The second-order valence-electron chi connectivity index (χ2n) is 8.55. The molecule has 2 aromatic heterocycles. The fraction of sp³-hybridized carbons (Fsp3) is 0.231. The van der Waals surface area contributed by atoms with Crippen LogP contribution in [-0.4, -0.2) is 28.5 Å². The van der Waals surface area contributed by atoms with Crippen LogP contribution in [0.3, 0.4) is 0 Å². The molecule has 3 heterocycles. The van der Waals surface area contributed by atoms with Crippen LogP contribution in [-0.2, 0) is 12.8 Å². The van der Waals surface area contributed by atoms with Gasteiger partial charge in [-0.2, -0.15) is 5.10 Å². The Morgan fingerprint density at radius 3 is 2.91 bits per heavy atom. The third kappa shape index (κ3) is 3.87. The van der Waals surface area contributed by atoms with E-state index in [2.05, 4.69) is 10.5 Å². The molecule has 1 aliphatic heterocycles. The Hall–Kier alpha value is -3.98. The lowest BCUT2D eigenvalue weighted by atomic mass is 9.97. The summed E-state index contributed by atoms with van der Waals surface area (Å²) in [6, 6.07) is 12.4. The quantitative estimate of drug-likeness (QED) is 0.346. The molecule has 0 bridgehead atoms. The molecule has 0 atom stereocenters. The first kappa shape index (κ1) is 21.5. The van der Waals surface area contributed by atoms with Gasteiger partial charge < -0.3 is 9.47 Å². The second kappa shape index (κ2) is 8.66. The minimum Gasteiger partial charge on any atom is -0.454 e. The number of aromatic nitrogens is 2. The molecule has 0 saturated heterocycles. The van der Waals surface area contributed by atoms with Gasteiger partial charge in [0.2, 0.25) is 6.79 Å². The maximum Gasteiger partial charge on any atom is 0.271 e. The number of hydrogen-bond acceptors (Lipinski definition) is 7. The van der Waals surface area contributed by atoms with Gasteiger partial charge in [0, 0.05) is 10.4 Å². The number of amides is 1. The summed E-state index contributed by atoms with van der Waals surface area (Å²) >= 11 is 1.63. The van der Waals surface area contributed by atoms with Crippen LogP contribution in [0.15, 0.2) is 52.4 Å². The predicted octanol–water partition coefficient (Wildman–Crippen LogP) is 4.13. The molecule has 4 aromatic rings. The van der Waals surface area contributed by atoms with Crippen LogP contribution < -0.4 is 20.5 Å². The van der Waals surface area contributed by atoms with Gasteiger partial charge in [-0.25, -0.2) is 10.4 Å². The highest BCUT2D eigenvalue weighted by Gasteiger charge is 2.22. The smallest absolute Gasteiger partial charge is 0.271 e. The zero-order valence-electron chi connectivity index (χ0n) is 19.0. The predicted molar refractivity (Wildman–Crippen MR) is 134 cm³/mol. The highest BCUT2D eigenvalue weighted by atomic mass is 32.1. The SMILES string of the molecule is Cc1nc2sc3c(c2c(=O)n1-c1cccc(C(=O)N/N=C/c2ccc4c(c2)OCO4)c1)CCCC3. The molecule has 0 radical (unpaired) electrons. The van der Waals surface area contributed by atoms with E-state index in [9.17, 15) is 9.59 Å². The Kier molecular flexibility index (Phi) is 5.33. The second-order valence-corrected chi connectivity index (χ2v) is 9.64. The van der Waals surface area contributed by atoms with Crippen molar-refractivity contribution in [3.05, 3.63) is 80.2 Å². The van der Waals surface area contributed by atoms with Crippen LogP contribution >= 0.6 is 11.3 Å².